The van der Waals surface area contributed by atoms with Crippen molar-refractivity contribution in [3.05, 3.63) is 65.7 Å². The number of hydrogen-bond donors (Lipinski definition) is 1. The van der Waals surface area contributed by atoms with Gasteiger partial charge in [0.25, 0.3) is 0 Å². The van der Waals surface area contributed by atoms with Crippen LogP contribution in [0.5, 0.6) is 5.75 Å². The monoisotopic (exact) mass is 379 g/mol. The van der Waals surface area contributed by atoms with Gasteiger partial charge in [-0.2, -0.15) is 0 Å². The summed E-state index contributed by atoms with van der Waals surface area (Å²) in [7, 11) is 1.64. The molecule has 138 valence electrons. The molecule has 1 N–H and O–H groups in total. The topological polar surface area (TPSA) is 64.1 Å². The molecule has 0 unspecified atom stereocenters. The molecule has 5 nitrogen and oxygen atoms in total. The lowest BCUT2D eigenvalue weighted by Crippen LogP contribution is -2.15. The van der Waals surface area contributed by atoms with E-state index in [1.807, 2.05) is 68.4 Å². The second-order valence-corrected chi connectivity index (χ2v) is 7.07. The summed E-state index contributed by atoms with van der Waals surface area (Å²) in [5.41, 5.74) is 4.83. The van der Waals surface area contributed by atoms with Crippen LogP contribution in [0.1, 0.15) is 11.1 Å². The highest BCUT2D eigenvalue weighted by Gasteiger charge is 2.08. The minimum atomic E-state index is -0.0604. The smallest absolute Gasteiger partial charge is 0.234 e. The number of ether oxygens (including phenoxy) is 1. The maximum Gasteiger partial charge on any atom is 0.234 e. The van der Waals surface area contributed by atoms with Gasteiger partial charge in [-0.25, -0.2) is 0 Å². The van der Waals surface area contributed by atoms with E-state index in [0.717, 1.165) is 33.8 Å². The molecule has 0 aliphatic carbocycles. The molecule has 3 rings (SSSR count). The molecule has 0 aliphatic rings. The van der Waals surface area contributed by atoms with Crippen molar-refractivity contribution in [2.24, 2.45) is 0 Å². The first kappa shape index (κ1) is 18.9. The summed E-state index contributed by atoms with van der Waals surface area (Å²) in [6.07, 6.45) is 0. The van der Waals surface area contributed by atoms with Gasteiger partial charge < -0.3 is 10.1 Å². The number of nitrogens with zero attached hydrogens (tertiary/aromatic N) is 2. The molecule has 1 amide bonds. The number of rotatable bonds is 6. The number of benzene rings is 2. The van der Waals surface area contributed by atoms with Crippen molar-refractivity contribution >= 4 is 23.4 Å². The second kappa shape index (κ2) is 8.68. The zero-order chi connectivity index (χ0) is 19.2. The van der Waals surface area contributed by atoms with E-state index in [1.165, 1.54) is 11.8 Å². The first-order valence-electron chi connectivity index (χ1n) is 8.54. The van der Waals surface area contributed by atoms with Crippen LogP contribution in [0.2, 0.25) is 0 Å². The second-order valence-electron chi connectivity index (χ2n) is 6.07. The molecule has 1 aromatic heterocycles. The Morgan fingerprint density at radius 1 is 1.04 bits per heavy atom. The van der Waals surface area contributed by atoms with Gasteiger partial charge in [0.15, 0.2) is 0 Å². The molecule has 6 heteroatoms. The Hall–Kier alpha value is -2.86. The number of methoxy groups -OCH3 is 1. The van der Waals surface area contributed by atoms with Crippen molar-refractivity contribution in [3.63, 3.8) is 0 Å². The Morgan fingerprint density at radius 3 is 2.48 bits per heavy atom. The summed E-state index contributed by atoms with van der Waals surface area (Å²) < 4.78 is 5.16. The number of carbonyl (C=O) groups is 1. The van der Waals surface area contributed by atoms with Gasteiger partial charge in [-0.05, 0) is 67.4 Å². The SMILES string of the molecule is COc1ccc(-c2ccc(SCC(=O)Nc3cccc(C)c3C)nn2)cc1. The van der Waals surface area contributed by atoms with Crippen LogP contribution < -0.4 is 10.1 Å². The average Bonchev–Trinajstić information content (AvgIpc) is 2.70. The number of hydrogen-bond acceptors (Lipinski definition) is 5. The zero-order valence-electron chi connectivity index (χ0n) is 15.5. The standard InChI is InChI=1S/C21H21N3O2S/c1-14-5-4-6-18(15(14)2)22-20(25)13-27-21-12-11-19(23-24-21)16-7-9-17(26-3)10-8-16/h4-12H,13H2,1-3H3,(H,22,25). The van der Waals surface area contributed by atoms with Gasteiger partial charge in [0.1, 0.15) is 10.8 Å². The number of carbonyl (C=O) groups excluding carboxylic acids is 1. The predicted octanol–water partition coefficient (Wildman–Crippen LogP) is 4.50. The van der Waals surface area contributed by atoms with E-state index in [4.69, 9.17) is 4.74 Å². The molecule has 0 radical (unpaired) electrons. The van der Waals surface area contributed by atoms with Crippen LogP contribution in [-0.2, 0) is 4.79 Å². The molecule has 3 aromatic rings. The summed E-state index contributed by atoms with van der Waals surface area (Å²) >= 11 is 1.36. The van der Waals surface area contributed by atoms with Crippen LogP contribution in [0.25, 0.3) is 11.3 Å². The summed E-state index contributed by atoms with van der Waals surface area (Å²) in [6, 6.07) is 17.3. The summed E-state index contributed by atoms with van der Waals surface area (Å²) in [6.45, 7) is 4.03. The molecule has 2 aromatic carbocycles. The van der Waals surface area contributed by atoms with Crippen molar-refractivity contribution in [2.75, 3.05) is 18.2 Å². The van der Waals surface area contributed by atoms with E-state index in [9.17, 15) is 4.79 Å². The number of thioether (sulfide) groups is 1. The van der Waals surface area contributed by atoms with E-state index in [1.54, 1.807) is 7.11 Å². The zero-order valence-corrected chi connectivity index (χ0v) is 16.3. The summed E-state index contributed by atoms with van der Waals surface area (Å²) in [5.74, 6) is 1.02. The van der Waals surface area contributed by atoms with Crippen molar-refractivity contribution in [1.82, 2.24) is 10.2 Å². The third kappa shape index (κ3) is 4.86. The maximum absolute atomic E-state index is 12.2. The molecule has 0 atom stereocenters. The van der Waals surface area contributed by atoms with Crippen LogP contribution in [0.15, 0.2) is 59.6 Å². The number of aromatic nitrogens is 2. The van der Waals surface area contributed by atoms with E-state index < -0.39 is 0 Å². The first-order valence-corrected chi connectivity index (χ1v) is 9.52. The lowest BCUT2D eigenvalue weighted by molar-refractivity contribution is -0.113. The van der Waals surface area contributed by atoms with Gasteiger partial charge in [-0.3, -0.25) is 4.79 Å². The molecule has 0 saturated heterocycles. The molecule has 27 heavy (non-hydrogen) atoms. The highest BCUT2D eigenvalue weighted by molar-refractivity contribution is 7.99. The van der Waals surface area contributed by atoms with Crippen molar-refractivity contribution in [1.29, 1.82) is 0 Å². The van der Waals surface area contributed by atoms with E-state index in [0.29, 0.717) is 5.03 Å². The summed E-state index contributed by atoms with van der Waals surface area (Å²) in [4.78, 5) is 12.2. The quantitative estimate of drug-likeness (QED) is 0.639. The molecular formula is C21H21N3O2S. The number of amides is 1. The Kier molecular flexibility index (Phi) is 6.08. The van der Waals surface area contributed by atoms with Gasteiger partial charge in [0.05, 0.1) is 18.6 Å². The van der Waals surface area contributed by atoms with Crippen molar-refractivity contribution in [2.45, 2.75) is 18.9 Å². The van der Waals surface area contributed by atoms with Crippen LogP contribution in [-0.4, -0.2) is 29.0 Å². The van der Waals surface area contributed by atoms with Crippen molar-refractivity contribution in [3.8, 4) is 17.0 Å². The Morgan fingerprint density at radius 2 is 1.81 bits per heavy atom. The van der Waals surface area contributed by atoms with Crippen LogP contribution in [0.4, 0.5) is 5.69 Å². The van der Waals surface area contributed by atoms with Gasteiger partial charge in [0.2, 0.25) is 5.91 Å². The molecule has 0 bridgehead atoms. The molecule has 1 heterocycles. The van der Waals surface area contributed by atoms with Gasteiger partial charge in [0, 0.05) is 11.3 Å². The maximum atomic E-state index is 12.2. The average molecular weight is 379 g/mol. The highest BCUT2D eigenvalue weighted by atomic mass is 32.2. The number of anilines is 1. The minimum Gasteiger partial charge on any atom is -0.497 e. The van der Waals surface area contributed by atoms with E-state index in [2.05, 4.69) is 15.5 Å². The highest BCUT2D eigenvalue weighted by Crippen LogP contribution is 2.23. The van der Waals surface area contributed by atoms with Gasteiger partial charge >= 0.3 is 0 Å². The lowest BCUT2D eigenvalue weighted by Gasteiger charge is -2.10. The third-order valence-corrected chi connectivity index (χ3v) is 5.18. The Labute approximate surface area is 163 Å². The Bertz CT molecular complexity index is 925. The van der Waals surface area contributed by atoms with Gasteiger partial charge in [-0.15, -0.1) is 10.2 Å². The van der Waals surface area contributed by atoms with E-state index >= 15 is 0 Å². The molecule has 0 spiro atoms. The predicted molar refractivity (Wildman–Crippen MR) is 109 cm³/mol. The largest absolute Gasteiger partial charge is 0.497 e. The van der Waals surface area contributed by atoms with Crippen LogP contribution in [0, 0.1) is 13.8 Å². The molecule has 0 aliphatic heterocycles. The van der Waals surface area contributed by atoms with Gasteiger partial charge in [-0.1, -0.05) is 23.9 Å². The fourth-order valence-electron chi connectivity index (χ4n) is 2.53. The molecule has 0 saturated carbocycles. The minimum absolute atomic E-state index is 0.0604. The fraction of sp³-hybridized carbons (Fsp3) is 0.190. The van der Waals surface area contributed by atoms with Crippen LogP contribution in [0.3, 0.4) is 0 Å². The normalized spacial score (nSPS) is 10.5. The molecular weight excluding hydrogens is 358 g/mol. The summed E-state index contributed by atoms with van der Waals surface area (Å²) in [5, 5.41) is 12.1. The fourth-order valence-corrected chi connectivity index (χ4v) is 3.14. The van der Waals surface area contributed by atoms with Crippen LogP contribution >= 0.6 is 11.8 Å². The number of nitrogens with one attached hydrogen (secondary N) is 1. The van der Waals surface area contributed by atoms with Crippen molar-refractivity contribution < 1.29 is 9.53 Å². The number of aryl methyl sites for hydroxylation is 1. The van der Waals surface area contributed by atoms with E-state index in [-0.39, 0.29) is 11.7 Å². The third-order valence-electron chi connectivity index (χ3n) is 4.26. The first-order chi connectivity index (χ1) is 13.1. The molecule has 0 fully saturated rings. The lowest BCUT2D eigenvalue weighted by atomic mass is 10.1. The Balaban J connectivity index is 1.58.